The molecule has 14 heteroatoms. The first-order chi connectivity index (χ1) is 23.7. The second-order valence-electron chi connectivity index (χ2n) is 10.9. The van der Waals surface area contributed by atoms with E-state index in [2.05, 4.69) is 22.3 Å². The van der Waals surface area contributed by atoms with Gasteiger partial charge in [-0.3, -0.25) is 19.2 Å². The smallest absolute Gasteiger partial charge is 0.343 e. The summed E-state index contributed by atoms with van der Waals surface area (Å²) in [6, 6.07) is 14.1. The number of rotatable bonds is 20. The number of hydroxylamine groups is 2. The molecule has 0 saturated heterocycles. The van der Waals surface area contributed by atoms with Crippen LogP contribution in [0.2, 0.25) is 0 Å². The van der Waals surface area contributed by atoms with Crippen LogP contribution in [0.1, 0.15) is 72.4 Å². The van der Waals surface area contributed by atoms with Gasteiger partial charge in [0.1, 0.15) is 29.4 Å². The van der Waals surface area contributed by atoms with Crippen molar-refractivity contribution < 1.29 is 52.5 Å². The molecular weight excluding hydrogens is 638 g/mol. The topological polar surface area (TPSA) is 183 Å². The van der Waals surface area contributed by atoms with E-state index in [1.807, 2.05) is 37.3 Å². The number of hydrogen-bond donors (Lipinski definition) is 3. The Hall–Kier alpha value is -5.37. The molecule has 3 N–H and O–H groups in total. The number of amides is 3. The number of methoxy groups -OCH3 is 2. The summed E-state index contributed by atoms with van der Waals surface area (Å²) < 4.78 is 20.4. The summed E-state index contributed by atoms with van der Waals surface area (Å²) in [6.45, 7) is 3.38. The largest absolute Gasteiger partial charge is 0.506 e. The molecule has 0 bridgehead atoms. The van der Waals surface area contributed by atoms with Gasteiger partial charge in [-0.15, -0.1) is 0 Å². The molecule has 0 saturated carbocycles. The zero-order chi connectivity index (χ0) is 35.8. The third-order valence-electron chi connectivity index (χ3n) is 7.67. The van der Waals surface area contributed by atoms with Gasteiger partial charge in [0.05, 0.1) is 38.4 Å². The molecule has 0 unspecified atom stereocenters. The minimum Gasteiger partial charge on any atom is -0.506 e. The van der Waals surface area contributed by atoms with Crippen LogP contribution in [0.4, 0.5) is 0 Å². The van der Waals surface area contributed by atoms with Crippen molar-refractivity contribution in [1.29, 1.82) is 0 Å². The van der Waals surface area contributed by atoms with E-state index < -0.39 is 42.2 Å². The maximum Gasteiger partial charge on any atom is 0.343 e. The molecule has 1 aromatic heterocycles. The molecule has 3 rings (SSSR count). The second kappa shape index (κ2) is 19.5. The van der Waals surface area contributed by atoms with Crippen molar-refractivity contribution >= 4 is 30.2 Å². The Morgan fingerprint density at radius 2 is 1.73 bits per heavy atom. The molecule has 3 amide bonds. The number of hydrogen-bond acceptors (Lipinski definition) is 11. The highest BCUT2D eigenvalue weighted by Crippen LogP contribution is 2.37. The molecule has 0 aliphatic heterocycles. The first kappa shape index (κ1) is 38.1. The summed E-state index contributed by atoms with van der Waals surface area (Å²) >= 11 is 0. The molecule has 2 aromatic carbocycles. The number of unbranched alkanes of at least 4 members (excludes halogenated alkanes) is 2. The minimum absolute atomic E-state index is 0.00610. The van der Waals surface area contributed by atoms with Crippen LogP contribution in [0.3, 0.4) is 0 Å². The molecule has 2 atom stereocenters. The number of nitrogens with zero attached hydrogens (tertiary/aromatic N) is 1. The number of furan rings is 1. The monoisotopic (exact) mass is 681 g/mol. The van der Waals surface area contributed by atoms with Crippen LogP contribution in [0.5, 0.6) is 11.5 Å². The molecule has 14 nitrogen and oxygen atoms in total. The summed E-state index contributed by atoms with van der Waals surface area (Å²) in [6.07, 6.45) is 4.16. The Morgan fingerprint density at radius 3 is 2.39 bits per heavy atom. The number of esters is 2. The Kier molecular flexibility index (Phi) is 15.1. The van der Waals surface area contributed by atoms with E-state index in [9.17, 15) is 29.1 Å². The summed E-state index contributed by atoms with van der Waals surface area (Å²) in [5, 5.41) is 17.3. The van der Waals surface area contributed by atoms with Gasteiger partial charge in [0.25, 0.3) is 5.91 Å². The predicted molar refractivity (Wildman–Crippen MR) is 176 cm³/mol. The summed E-state index contributed by atoms with van der Waals surface area (Å²) in [5.74, 6) is -3.81. The number of benzene rings is 2. The highest BCUT2D eigenvalue weighted by Gasteiger charge is 2.32. The van der Waals surface area contributed by atoms with E-state index >= 15 is 0 Å². The molecule has 264 valence electrons. The van der Waals surface area contributed by atoms with Gasteiger partial charge < -0.3 is 34.4 Å². The Balaban J connectivity index is 1.70. The standard InChI is InChI=1S/C35H43N3O11/c1-5-7-9-14-25(28(6-2)38(22-39)48-19-23-12-10-8-11-13-23)33(42)36-21-37-34(43)30-16-15-29(49-30)26-17-24(47-20-31(40)45-3)18-27(32(26)41)35(44)46-4/h8,10-13,15-18,22,25,28,41H,5-7,9,14,19-21H2,1-4H3,(H,36,42)(H,37,43)/t25-,28-/m1/s1. The van der Waals surface area contributed by atoms with E-state index in [1.54, 1.807) is 0 Å². The second-order valence-corrected chi connectivity index (χ2v) is 10.9. The van der Waals surface area contributed by atoms with Crippen molar-refractivity contribution in [3.63, 3.8) is 0 Å². The third-order valence-corrected chi connectivity index (χ3v) is 7.67. The molecule has 3 aromatic rings. The molecule has 0 radical (unpaired) electrons. The van der Waals surface area contributed by atoms with Gasteiger partial charge in [-0.25, -0.2) is 14.7 Å². The number of ether oxygens (including phenoxy) is 3. The lowest BCUT2D eigenvalue weighted by molar-refractivity contribution is -0.200. The SMILES string of the molecule is CCCCC[C@@H](C(=O)NCNC(=O)c1ccc(-c2cc(OCC(=O)OC)cc(C(=O)OC)c2O)o1)[C@@H](CC)N(C=O)OCc1ccccc1. The molecular formula is C35H43N3O11. The summed E-state index contributed by atoms with van der Waals surface area (Å²) in [7, 11) is 2.32. The predicted octanol–water partition coefficient (Wildman–Crippen LogP) is 4.36. The number of aromatic hydroxyl groups is 1. The van der Waals surface area contributed by atoms with Crippen molar-refractivity contribution in [2.24, 2.45) is 5.92 Å². The van der Waals surface area contributed by atoms with E-state index in [0.717, 1.165) is 31.9 Å². The molecule has 1 heterocycles. The molecule has 0 fully saturated rings. The molecule has 0 aliphatic carbocycles. The van der Waals surface area contributed by atoms with Gasteiger partial charge in [0.2, 0.25) is 12.3 Å². The third kappa shape index (κ3) is 10.8. The normalized spacial score (nSPS) is 11.9. The fraction of sp³-hybridized carbons (Fsp3) is 0.400. The van der Waals surface area contributed by atoms with Crippen LogP contribution in [-0.4, -0.2) is 73.9 Å². The number of phenols is 1. The average molecular weight is 682 g/mol. The van der Waals surface area contributed by atoms with Crippen LogP contribution < -0.4 is 15.4 Å². The van der Waals surface area contributed by atoms with Crippen LogP contribution in [0.15, 0.2) is 59.0 Å². The lowest BCUT2D eigenvalue weighted by Crippen LogP contribution is -2.48. The van der Waals surface area contributed by atoms with Gasteiger partial charge in [0.15, 0.2) is 12.4 Å². The lowest BCUT2D eigenvalue weighted by atomic mass is 9.90. The zero-order valence-electron chi connectivity index (χ0n) is 28.1. The lowest BCUT2D eigenvalue weighted by Gasteiger charge is -2.32. The van der Waals surface area contributed by atoms with Gasteiger partial charge in [-0.05, 0) is 42.7 Å². The number of nitrogens with one attached hydrogen (secondary N) is 2. The van der Waals surface area contributed by atoms with Gasteiger partial charge in [0, 0.05) is 0 Å². The maximum absolute atomic E-state index is 13.4. The number of carbonyl (C=O) groups excluding carboxylic acids is 5. The van der Waals surface area contributed by atoms with Crippen LogP contribution in [0, 0.1) is 5.92 Å². The van der Waals surface area contributed by atoms with Crippen LogP contribution in [-0.2, 0) is 35.3 Å². The Morgan fingerprint density at radius 1 is 0.980 bits per heavy atom. The first-order valence-electron chi connectivity index (χ1n) is 15.9. The summed E-state index contributed by atoms with van der Waals surface area (Å²) in [5.41, 5.74) is 0.603. The van der Waals surface area contributed by atoms with E-state index in [1.165, 1.54) is 36.4 Å². The average Bonchev–Trinajstić information content (AvgIpc) is 3.62. The van der Waals surface area contributed by atoms with Gasteiger partial charge in [-0.2, -0.15) is 0 Å². The molecule has 0 spiro atoms. The fourth-order valence-electron chi connectivity index (χ4n) is 5.06. The quantitative estimate of drug-likeness (QED) is 0.0507. The zero-order valence-corrected chi connectivity index (χ0v) is 28.1. The highest BCUT2D eigenvalue weighted by molar-refractivity contribution is 5.96. The van der Waals surface area contributed by atoms with Crippen molar-refractivity contribution in [3.8, 4) is 22.8 Å². The highest BCUT2D eigenvalue weighted by atomic mass is 16.7. The van der Waals surface area contributed by atoms with Crippen LogP contribution in [0.25, 0.3) is 11.3 Å². The molecule has 49 heavy (non-hydrogen) atoms. The van der Waals surface area contributed by atoms with Crippen molar-refractivity contribution in [2.45, 2.75) is 58.6 Å². The Labute approximate surface area is 284 Å². The maximum atomic E-state index is 13.4. The van der Waals surface area contributed by atoms with E-state index in [-0.39, 0.29) is 47.6 Å². The van der Waals surface area contributed by atoms with Crippen LogP contribution >= 0.6 is 0 Å². The Bertz CT molecular complexity index is 1560. The van der Waals surface area contributed by atoms with E-state index in [4.69, 9.17) is 18.7 Å². The minimum atomic E-state index is -0.875. The number of phenolic OH excluding ortho intramolecular Hbond substituents is 1. The van der Waals surface area contributed by atoms with Crippen molar-refractivity contribution in [1.82, 2.24) is 15.7 Å². The van der Waals surface area contributed by atoms with Gasteiger partial charge >= 0.3 is 11.9 Å². The van der Waals surface area contributed by atoms with Crippen molar-refractivity contribution in [3.05, 3.63) is 71.5 Å². The van der Waals surface area contributed by atoms with E-state index in [0.29, 0.717) is 19.3 Å². The fourth-order valence-corrected chi connectivity index (χ4v) is 5.06. The number of carbonyl (C=O) groups is 5. The summed E-state index contributed by atoms with van der Waals surface area (Å²) in [4.78, 5) is 68.1. The first-order valence-corrected chi connectivity index (χ1v) is 15.9. The molecule has 0 aliphatic rings. The van der Waals surface area contributed by atoms with Crippen molar-refractivity contribution in [2.75, 3.05) is 27.5 Å². The van der Waals surface area contributed by atoms with Gasteiger partial charge in [-0.1, -0.05) is 63.4 Å².